The average molecular weight is 392 g/mol. The summed E-state index contributed by atoms with van der Waals surface area (Å²) < 4.78 is 11.3. The summed E-state index contributed by atoms with van der Waals surface area (Å²) in [6.45, 7) is 6.20. The van der Waals surface area contributed by atoms with Gasteiger partial charge < -0.3 is 25.0 Å². The first-order valence-corrected chi connectivity index (χ1v) is 10.1. The molecule has 1 amide bonds. The topological polar surface area (TPSA) is 91.3 Å². The zero-order chi connectivity index (χ0) is 20.1. The molecule has 0 saturated carbocycles. The monoisotopic (exact) mass is 392 g/mol. The lowest BCUT2D eigenvalue weighted by Crippen LogP contribution is -2.57. The summed E-state index contributed by atoms with van der Waals surface area (Å²) in [4.78, 5) is 13.7. The van der Waals surface area contributed by atoms with Crippen LogP contribution in [0.1, 0.15) is 25.8 Å². The van der Waals surface area contributed by atoms with E-state index in [0.717, 1.165) is 18.5 Å². The number of hydrogen-bond acceptors (Lipinski definition) is 5. The molecule has 7 heteroatoms. The lowest BCUT2D eigenvalue weighted by atomic mass is 9.93. The second-order valence-electron chi connectivity index (χ2n) is 8.16. The van der Waals surface area contributed by atoms with Crippen LogP contribution in [0.5, 0.6) is 0 Å². The van der Waals surface area contributed by atoms with Gasteiger partial charge in [0.05, 0.1) is 31.4 Å². The fourth-order valence-electron chi connectivity index (χ4n) is 4.19. The summed E-state index contributed by atoms with van der Waals surface area (Å²) >= 11 is 0. The van der Waals surface area contributed by atoms with Crippen molar-refractivity contribution >= 4 is 6.09 Å². The summed E-state index contributed by atoms with van der Waals surface area (Å²) in [7, 11) is 0. The Hall–Kier alpha value is -1.67. The quantitative estimate of drug-likeness (QED) is 0.595. The molecule has 0 aliphatic carbocycles. The van der Waals surface area contributed by atoms with Crippen LogP contribution in [0.15, 0.2) is 30.3 Å². The highest BCUT2D eigenvalue weighted by Crippen LogP contribution is 2.35. The number of nitrogens with zero attached hydrogens (tertiary/aromatic N) is 1. The number of ether oxygens (including phenoxy) is 2. The van der Waals surface area contributed by atoms with Gasteiger partial charge in [0.15, 0.2) is 6.29 Å². The molecular formula is C21H32N2O5. The van der Waals surface area contributed by atoms with Crippen LogP contribution in [0.3, 0.4) is 0 Å². The van der Waals surface area contributed by atoms with Crippen LogP contribution in [0.25, 0.3) is 0 Å². The number of fused-ring (bicyclic) bond motifs is 1. The van der Waals surface area contributed by atoms with E-state index < -0.39 is 18.2 Å². The lowest BCUT2D eigenvalue weighted by molar-refractivity contribution is -0.0906. The van der Waals surface area contributed by atoms with Crippen molar-refractivity contribution in [3.8, 4) is 0 Å². The van der Waals surface area contributed by atoms with Gasteiger partial charge in [-0.15, -0.1) is 0 Å². The van der Waals surface area contributed by atoms with Crippen molar-refractivity contribution < 1.29 is 24.5 Å². The van der Waals surface area contributed by atoms with Crippen LogP contribution in [0, 0.1) is 11.8 Å². The molecule has 2 saturated heterocycles. The molecule has 156 valence electrons. The van der Waals surface area contributed by atoms with E-state index in [1.807, 2.05) is 30.3 Å². The van der Waals surface area contributed by atoms with E-state index in [1.165, 1.54) is 4.90 Å². The molecule has 0 aromatic heterocycles. The van der Waals surface area contributed by atoms with Gasteiger partial charge in [0, 0.05) is 12.5 Å². The molecule has 7 nitrogen and oxygen atoms in total. The van der Waals surface area contributed by atoms with Gasteiger partial charge in [-0.25, -0.2) is 4.79 Å². The highest BCUT2D eigenvalue weighted by Gasteiger charge is 2.48. The molecule has 0 radical (unpaired) electrons. The van der Waals surface area contributed by atoms with Crippen LogP contribution in [0.4, 0.5) is 4.79 Å². The van der Waals surface area contributed by atoms with Crippen molar-refractivity contribution in [2.45, 2.75) is 51.2 Å². The Labute approximate surface area is 166 Å². The van der Waals surface area contributed by atoms with E-state index in [4.69, 9.17) is 9.47 Å². The number of nitrogens with one attached hydrogen (secondary N) is 1. The zero-order valence-electron chi connectivity index (χ0n) is 16.7. The summed E-state index contributed by atoms with van der Waals surface area (Å²) in [5, 5.41) is 24.3. The maximum atomic E-state index is 12.3. The van der Waals surface area contributed by atoms with Crippen molar-refractivity contribution in [3.05, 3.63) is 35.9 Å². The van der Waals surface area contributed by atoms with Crippen LogP contribution >= 0.6 is 0 Å². The first-order chi connectivity index (χ1) is 13.5. The number of aliphatic hydroxyl groups is 1. The fraction of sp³-hybridized carbons (Fsp3) is 0.667. The third kappa shape index (κ3) is 5.03. The molecule has 2 heterocycles. The Morgan fingerprint density at radius 3 is 2.68 bits per heavy atom. The van der Waals surface area contributed by atoms with Crippen LogP contribution in [0.2, 0.25) is 0 Å². The molecule has 0 spiro atoms. The molecule has 1 aromatic carbocycles. The number of hydrogen-bond donors (Lipinski definition) is 3. The minimum Gasteiger partial charge on any atom is -0.465 e. The lowest BCUT2D eigenvalue weighted by Gasteiger charge is -2.38. The van der Waals surface area contributed by atoms with Crippen LogP contribution in [-0.4, -0.2) is 72.0 Å². The van der Waals surface area contributed by atoms with Gasteiger partial charge in [0.25, 0.3) is 0 Å². The average Bonchev–Trinajstić information content (AvgIpc) is 3.26. The Morgan fingerprint density at radius 2 is 2.00 bits per heavy atom. The molecule has 3 rings (SSSR count). The molecule has 28 heavy (non-hydrogen) atoms. The minimum atomic E-state index is -1.02. The first-order valence-electron chi connectivity index (χ1n) is 10.1. The molecule has 3 N–H and O–H groups in total. The molecule has 2 aliphatic rings. The van der Waals surface area contributed by atoms with Crippen molar-refractivity contribution in [1.29, 1.82) is 0 Å². The SMILES string of the molecule is CC(C)CNC[C@@H](O)[C@H](Cc1ccccc1)N(C(=O)O)[C@H]1CO[C@H]2OCC[C@H]21. The van der Waals surface area contributed by atoms with Gasteiger partial charge in [-0.3, -0.25) is 4.90 Å². The van der Waals surface area contributed by atoms with E-state index in [0.29, 0.717) is 32.1 Å². The number of aliphatic hydroxyl groups excluding tert-OH is 1. The number of amides is 1. The van der Waals surface area contributed by atoms with E-state index in [1.54, 1.807) is 0 Å². The summed E-state index contributed by atoms with van der Waals surface area (Å²) in [5.74, 6) is 0.472. The van der Waals surface area contributed by atoms with Gasteiger partial charge in [0.1, 0.15) is 0 Å². The largest absolute Gasteiger partial charge is 0.465 e. The third-order valence-corrected chi connectivity index (χ3v) is 5.58. The van der Waals surface area contributed by atoms with Crippen LogP contribution < -0.4 is 5.32 Å². The summed E-state index contributed by atoms with van der Waals surface area (Å²) in [5.41, 5.74) is 1.000. The Kier molecular flexibility index (Phi) is 7.29. The predicted octanol–water partition coefficient (Wildman–Crippen LogP) is 1.95. The second-order valence-corrected chi connectivity index (χ2v) is 8.16. The smallest absolute Gasteiger partial charge is 0.407 e. The maximum absolute atomic E-state index is 12.3. The molecule has 0 unspecified atom stereocenters. The minimum absolute atomic E-state index is 0.0187. The van der Waals surface area contributed by atoms with Crippen molar-refractivity contribution in [3.63, 3.8) is 0 Å². The van der Waals surface area contributed by atoms with Gasteiger partial charge in [-0.1, -0.05) is 44.2 Å². The fourth-order valence-corrected chi connectivity index (χ4v) is 4.19. The molecule has 2 fully saturated rings. The third-order valence-electron chi connectivity index (χ3n) is 5.58. The van der Waals surface area contributed by atoms with Crippen molar-refractivity contribution in [2.75, 3.05) is 26.3 Å². The molecular weight excluding hydrogens is 360 g/mol. The highest BCUT2D eigenvalue weighted by atomic mass is 16.7. The van der Waals surface area contributed by atoms with E-state index in [-0.39, 0.29) is 18.2 Å². The molecule has 1 aromatic rings. The zero-order valence-corrected chi connectivity index (χ0v) is 16.7. The molecule has 5 atom stereocenters. The normalized spacial score (nSPS) is 26.2. The summed E-state index contributed by atoms with van der Waals surface area (Å²) in [6.07, 6.45) is -0.951. The van der Waals surface area contributed by atoms with E-state index in [9.17, 15) is 15.0 Å². The number of benzene rings is 1. The van der Waals surface area contributed by atoms with Crippen molar-refractivity contribution in [2.24, 2.45) is 11.8 Å². The Morgan fingerprint density at radius 1 is 1.25 bits per heavy atom. The van der Waals surface area contributed by atoms with E-state index in [2.05, 4.69) is 19.2 Å². The maximum Gasteiger partial charge on any atom is 0.407 e. The van der Waals surface area contributed by atoms with Gasteiger partial charge in [-0.05, 0) is 30.9 Å². The first kappa shape index (κ1) is 21.0. The Bertz CT molecular complexity index is 626. The Balaban J connectivity index is 1.80. The van der Waals surface area contributed by atoms with Crippen molar-refractivity contribution in [1.82, 2.24) is 10.2 Å². The van der Waals surface area contributed by atoms with E-state index >= 15 is 0 Å². The number of rotatable bonds is 9. The molecule has 0 bridgehead atoms. The summed E-state index contributed by atoms with van der Waals surface area (Å²) in [6, 6.07) is 8.85. The number of carbonyl (C=O) groups is 1. The van der Waals surface area contributed by atoms with Gasteiger partial charge in [0.2, 0.25) is 0 Å². The number of carboxylic acid groups (broad SMARTS) is 1. The second kappa shape index (κ2) is 9.69. The standard InChI is InChI=1S/C21H32N2O5/c1-14(2)11-22-12-19(24)17(10-15-6-4-3-5-7-15)23(21(25)26)18-13-28-20-16(18)8-9-27-20/h3-7,14,16-20,22,24H,8-13H2,1-2H3,(H,25,26)/t16-,17-,18-,19+,20+/m0/s1. The molecule has 2 aliphatic heterocycles. The van der Waals surface area contributed by atoms with Crippen LogP contribution in [-0.2, 0) is 15.9 Å². The van der Waals surface area contributed by atoms with Gasteiger partial charge in [-0.2, -0.15) is 0 Å². The predicted molar refractivity (Wildman–Crippen MR) is 105 cm³/mol. The van der Waals surface area contributed by atoms with Gasteiger partial charge >= 0.3 is 6.09 Å². The highest BCUT2D eigenvalue weighted by molar-refractivity contribution is 5.66.